The van der Waals surface area contributed by atoms with E-state index in [-0.39, 0.29) is 16.4 Å². The summed E-state index contributed by atoms with van der Waals surface area (Å²) in [7, 11) is -1.30. The van der Waals surface area contributed by atoms with E-state index < -0.39 is 9.84 Å². The molecular formula is C14H29NO4S. The van der Waals surface area contributed by atoms with Gasteiger partial charge in [0.1, 0.15) is 0 Å². The number of hydrogen-bond acceptors (Lipinski definition) is 5. The summed E-state index contributed by atoms with van der Waals surface area (Å²) in [6.07, 6.45) is 2.71. The molecule has 0 amide bonds. The van der Waals surface area contributed by atoms with Crippen molar-refractivity contribution in [1.82, 2.24) is 5.32 Å². The fourth-order valence-corrected chi connectivity index (χ4v) is 3.65. The quantitative estimate of drug-likeness (QED) is 0.649. The van der Waals surface area contributed by atoms with Gasteiger partial charge in [-0.2, -0.15) is 0 Å². The van der Waals surface area contributed by atoms with Gasteiger partial charge in [0.05, 0.1) is 24.2 Å². The molecule has 1 atom stereocenters. The summed E-state index contributed by atoms with van der Waals surface area (Å²) in [6.45, 7) is 7.18. The van der Waals surface area contributed by atoms with Crippen LogP contribution in [0.5, 0.6) is 0 Å². The summed E-state index contributed by atoms with van der Waals surface area (Å²) in [5.41, 5.74) is -0.0477. The predicted molar refractivity (Wildman–Crippen MR) is 80.8 cm³/mol. The molecule has 1 rings (SSSR count). The largest absolute Gasteiger partial charge is 0.383 e. The third kappa shape index (κ3) is 5.68. The van der Waals surface area contributed by atoms with Gasteiger partial charge < -0.3 is 14.8 Å². The van der Waals surface area contributed by atoms with Crippen LogP contribution in [0.25, 0.3) is 0 Å². The van der Waals surface area contributed by atoms with E-state index in [0.29, 0.717) is 19.6 Å². The first-order chi connectivity index (χ1) is 9.42. The zero-order chi connectivity index (χ0) is 15.1. The van der Waals surface area contributed by atoms with Crippen molar-refractivity contribution >= 4 is 9.84 Å². The van der Waals surface area contributed by atoms with Gasteiger partial charge in [0.25, 0.3) is 0 Å². The molecule has 1 N–H and O–H groups in total. The number of hydrogen-bond donors (Lipinski definition) is 1. The smallest absolute Gasteiger partial charge is 0.152 e. The number of rotatable bonds is 9. The highest BCUT2D eigenvalue weighted by molar-refractivity contribution is 7.91. The Kier molecular flexibility index (Phi) is 7.43. The summed E-state index contributed by atoms with van der Waals surface area (Å²) in [4.78, 5) is 0. The van der Waals surface area contributed by atoms with E-state index in [0.717, 1.165) is 32.5 Å². The highest BCUT2D eigenvalue weighted by Gasteiger charge is 2.34. The zero-order valence-corrected chi connectivity index (χ0v) is 13.8. The van der Waals surface area contributed by atoms with E-state index in [1.807, 2.05) is 0 Å². The fourth-order valence-electron chi connectivity index (χ4n) is 2.46. The molecule has 0 bridgehead atoms. The van der Waals surface area contributed by atoms with Crippen LogP contribution in [-0.4, -0.2) is 59.4 Å². The van der Waals surface area contributed by atoms with Crippen LogP contribution < -0.4 is 5.32 Å². The first-order valence-corrected chi connectivity index (χ1v) is 9.12. The molecule has 1 aliphatic heterocycles. The highest BCUT2D eigenvalue weighted by Crippen LogP contribution is 2.32. The molecule has 0 aromatic rings. The van der Waals surface area contributed by atoms with E-state index in [1.165, 1.54) is 0 Å². The maximum Gasteiger partial charge on any atom is 0.152 e. The maximum atomic E-state index is 12.0. The Bertz CT molecular complexity index is 361. The van der Waals surface area contributed by atoms with E-state index >= 15 is 0 Å². The first kappa shape index (κ1) is 17.9. The van der Waals surface area contributed by atoms with Crippen molar-refractivity contribution in [3.05, 3.63) is 0 Å². The summed E-state index contributed by atoms with van der Waals surface area (Å²) in [5.74, 6) is 0.250. The minimum atomic E-state index is -2.98. The molecule has 120 valence electrons. The average Bonchev–Trinajstić information content (AvgIpc) is 2.43. The molecule has 0 radical (unpaired) electrons. The number of nitrogens with one attached hydrogen (secondary N) is 1. The van der Waals surface area contributed by atoms with Gasteiger partial charge in [-0.25, -0.2) is 8.42 Å². The van der Waals surface area contributed by atoms with E-state index in [4.69, 9.17) is 9.47 Å². The van der Waals surface area contributed by atoms with Gasteiger partial charge in [-0.3, -0.25) is 0 Å². The second kappa shape index (κ2) is 8.32. The van der Waals surface area contributed by atoms with Crippen LogP contribution >= 0.6 is 0 Å². The lowest BCUT2D eigenvalue weighted by atomic mass is 9.80. The van der Waals surface area contributed by atoms with Crippen molar-refractivity contribution in [2.75, 3.05) is 45.8 Å². The Morgan fingerprint density at radius 3 is 2.70 bits per heavy atom. The van der Waals surface area contributed by atoms with E-state index in [9.17, 15) is 8.42 Å². The molecule has 1 unspecified atom stereocenters. The van der Waals surface area contributed by atoms with Gasteiger partial charge in [-0.05, 0) is 33.1 Å². The molecule has 0 aromatic heterocycles. The topological polar surface area (TPSA) is 64.6 Å². The van der Waals surface area contributed by atoms with Crippen molar-refractivity contribution in [1.29, 1.82) is 0 Å². The van der Waals surface area contributed by atoms with Gasteiger partial charge in [-0.15, -0.1) is 0 Å². The molecular weight excluding hydrogens is 278 g/mol. The lowest BCUT2D eigenvalue weighted by Gasteiger charge is -2.37. The van der Waals surface area contributed by atoms with Gasteiger partial charge >= 0.3 is 0 Å². The molecule has 1 saturated heterocycles. The third-order valence-corrected chi connectivity index (χ3v) is 6.23. The highest BCUT2D eigenvalue weighted by atomic mass is 32.2. The molecule has 20 heavy (non-hydrogen) atoms. The van der Waals surface area contributed by atoms with Crippen molar-refractivity contribution in [3.8, 4) is 0 Å². The zero-order valence-electron chi connectivity index (χ0n) is 13.0. The molecule has 1 fully saturated rings. The predicted octanol–water partition coefficient (Wildman–Crippen LogP) is 1.23. The molecule has 0 aromatic carbocycles. The lowest BCUT2D eigenvalue weighted by molar-refractivity contribution is -0.00949. The summed E-state index contributed by atoms with van der Waals surface area (Å²) in [6, 6.07) is 0. The Hall–Kier alpha value is -0.170. The van der Waals surface area contributed by atoms with Gasteiger partial charge in [0.2, 0.25) is 0 Å². The SMILES string of the molecule is COCCNCC1(CCS(=O)(=O)C(C)C)CCCOC1. The second-order valence-corrected chi connectivity index (χ2v) is 8.67. The number of sulfone groups is 1. The van der Waals surface area contributed by atoms with Crippen LogP contribution in [0.4, 0.5) is 0 Å². The molecule has 0 saturated carbocycles. The minimum Gasteiger partial charge on any atom is -0.383 e. The van der Waals surface area contributed by atoms with Crippen molar-refractivity contribution in [2.24, 2.45) is 5.41 Å². The Morgan fingerprint density at radius 2 is 2.15 bits per heavy atom. The second-order valence-electron chi connectivity index (χ2n) is 5.99. The minimum absolute atomic E-state index is 0.0477. The van der Waals surface area contributed by atoms with Gasteiger partial charge in [0, 0.05) is 32.2 Å². The van der Waals surface area contributed by atoms with Crippen molar-refractivity contribution in [2.45, 2.75) is 38.4 Å². The van der Waals surface area contributed by atoms with E-state index in [1.54, 1.807) is 21.0 Å². The van der Waals surface area contributed by atoms with Crippen LogP contribution in [0, 0.1) is 5.41 Å². The third-order valence-electron chi connectivity index (χ3n) is 4.02. The van der Waals surface area contributed by atoms with E-state index in [2.05, 4.69) is 5.32 Å². The Balaban J connectivity index is 2.55. The van der Waals surface area contributed by atoms with Crippen molar-refractivity contribution in [3.63, 3.8) is 0 Å². The average molecular weight is 307 g/mol. The molecule has 0 aliphatic carbocycles. The lowest BCUT2D eigenvalue weighted by Crippen LogP contribution is -2.43. The molecule has 1 aliphatic rings. The van der Waals surface area contributed by atoms with Crippen molar-refractivity contribution < 1.29 is 17.9 Å². The van der Waals surface area contributed by atoms with Crippen LogP contribution in [0.1, 0.15) is 33.1 Å². The standard InChI is InChI=1S/C14H29NO4S/c1-13(2)20(16,17)10-6-14(5-4-8-19-12-14)11-15-7-9-18-3/h13,15H,4-12H2,1-3H3. The summed E-state index contributed by atoms with van der Waals surface area (Å²) in [5, 5.41) is 3.06. The van der Waals surface area contributed by atoms with Crippen LogP contribution in [0.2, 0.25) is 0 Å². The number of ether oxygens (including phenoxy) is 2. The van der Waals surface area contributed by atoms with Crippen LogP contribution in [-0.2, 0) is 19.3 Å². The normalized spacial score (nSPS) is 24.2. The summed E-state index contributed by atoms with van der Waals surface area (Å²) >= 11 is 0. The fraction of sp³-hybridized carbons (Fsp3) is 1.00. The van der Waals surface area contributed by atoms with Gasteiger partial charge in [-0.1, -0.05) is 0 Å². The first-order valence-electron chi connectivity index (χ1n) is 7.41. The molecule has 0 spiro atoms. The monoisotopic (exact) mass is 307 g/mol. The molecule has 1 heterocycles. The maximum absolute atomic E-state index is 12.0. The van der Waals surface area contributed by atoms with Gasteiger partial charge in [0.15, 0.2) is 9.84 Å². The Morgan fingerprint density at radius 1 is 1.40 bits per heavy atom. The summed E-state index contributed by atoms with van der Waals surface area (Å²) < 4.78 is 34.6. The number of methoxy groups -OCH3 is 1. The van der Waals surface area contributed by atoms with Crippen LogP contribution in [0.3, 0.4) is 0 Å². The Labute approximate surface area is 123 Å². The molecule has 5 nitrogen and oxygen atoms in total. The molecule has 6 heteroatoms. The van der Waals surface area contributed by atoms with Crippen LogP contribution in [0.15, 0.2) is 0 Å².